The monoisotopic (exact) mass is 212 g/mol. The third-order valence-corrected chi connectivity index (χ3v) is 0.795. The molecule has 0 spiro atoms. The van der Waals surface area contributed by atoms with Crippen LogP contribution in [0.1, 0.15) is 6.92 Å². The van der Waals surface area contributed by atoms with Crippen LogP contribution in [-0.2, 0) is 14.3 Å². The van der Waals surface area contributed by atoms with E-state index in [1.54, 1.807) is 0 Å². The smallest absolute Gasteiger partial charge is 0.316 e. The SMILES string of the molecule is CC(=O)O.COC(=O)CBr. The third-order valence-electron chi connectivity index (χ3n) is 0.337. The Labute approximate surface area is 67.3 Å². The van der Waals surface area contributed by atoms with Crippen LogP contribution in [0.3, 0.4) is 0 Å². The first-order valence-corrected chi connectivity index (χ1v) is 3.49. The van der Waals surface area contributed by atoms with Crippen LogP contribution in [0.4, 0.5) is 0 Å². The van der Waals surface area contributed by atoms with Crippen molar-refractivity contribution in [2.45, 2.75) is 6.92 Å². The molecule has 0 atom stereocenters. The fourth-order valence-electron chi connectivity index (χ4n) is 0.0546. The van der Waals surface area contributed by atoms with Crippen molar-refractivity contribution in [3.8, 4) is 0 Å². The molecule has 5 heteroatoms. The van der Waals surface area contributed by atoms with Gasteiger partial charge in [0, 0.05) is 6.92 Å². The molecule has 0 saturated carbocycles. The number of carbonyl (C=O) groups excluding carboxylic acids is 1. The standard InChI is InChI=1S/C3H5BrO2.C2H4O2/c1-6-3(5)2-4;1-2(3)4/h2H2,1H3;1H3,(H,3,4). The maximum absolute atomic E-state index is 9.91. The Morgan fingerprint density at radius 3 is 1.90 bits per heavy atom. The predicted molar refractivity (Wildman–Crippen MR) is 39.1 cm³/mol. The van der Waals surface area contributed by atoms with Gasteiger partial charge in [-0.1, -0.05) is 15.9 Å². The lowest BCUT2D eigenvalue weighted by molar-refractivity contribution is -0.137. The second kappa shape index (κ2) is 8.42. The van der Waals surface area contributed by atoms with Crippen LogP contribution < -0.4 is 0 Å². The average molecular weight is 213 g/mol. The van der Waals surface area contributed by atoms with E-state index < -0.39 is 5.97 Å². The van der Waals surface area contributed by atoms with E-state index in [0.717, 1.165) is 6.92 Å². The highest BCUT2D eigenvalue weighted by Gasteiger charge is 1.89. The Morgan fingerprint density at radius 1 is 1.60 bits per heavy atom. The molecule has 0 bridgehead atoms. The molecule has 60 valence electrons. The lowest BCUT2D eigenvalue weighted by atomic mass is 10.8. The number of ether oxygens (including phenoxy) is 1. The summed E-state index contributed by atoms with van der Waals surface area (Å²) < 4.78 is 4.21. The summed E-state index contributed by atoms with van der Waals surface area (Å²) in [5.41, 5.74) is 0. The molecule has 0 saturated heterocycles. The van der Waals surface area contributed by atoms with Crippen LogP contribution in [0.25, 0.3) is 0 Å². The van der Waals surface area contributed by atoms with Gasteiger partial charge in [-0.3, -0.25) is 9.59 Å². The number of alkyl halides is 1. The van der Waals surface area contributed by atoms with E-state index in [4.69, 9.17) is 9.90 Å². The normalized spacial score (nSPS) is 7.10. The number of hydrogen-bond donors (Lipinski definition) is 1. The molecule has 0 aliphatic rings. The van der Waals surface area contributed by atoms with Crippen LogP contribution in [-0.4, -0.2) is 29.5 Å². The maximum atomic E-state index is 9.91. The molecule has 0 unspecified atom stereocenters. The number of halogens is 1. The lowest BCUT2D eigenvalue weighted by Gasteiger charge is -1.86. The van der Waals surface area contributed by atoms with Crippen molar-refractivity contribution < 1.29 is 19.4 Å². The number of carboxylic acid groups (broad SMARTS) is 1. The van der Waals surface area contributed by atoms with Gasteiger partial charge in [-0.2, -0.15) is 0 Å². The summed E-state index contributed by atoms with van der Waals surface area (Å²) in [4.78, 5) is 18.9. The van der Waals surface area contributed by atoms with Crippen molar-refractivity contribution in [2.24, 2.45) is 0 Å². The van der Waals surface area contributed by atoms with Crippen molar-refractivity contribution in [1.29, 1.82) is 0 Å². The maximum Gasteiger partial charge on any atom is 0.316 e. The van der Waals surface area contributed by atoms with Crippen molar-refractivity contribution in [1.82, 2.24) is 0 Å². The van der Waals surface area contributed by atoms with Gasteiger partial charge in [0.05, 0.1) is 7.11 Å². The number of carboxylic acids is 1. The number of aliphatic carboxylic acids is 1. The van der Waals surface area contributed by atoms with E-state index in [1.165, 1.54) is 7.11 Å². The van der Waals surface area contributed by atoms with Crippen LogP contribution in [0, 0.1) is 0 Å². The quantitative estimate of drug-likeness (QED) is 0.512. The zero-order valence-corrected chi connectivity index (χ0v) is 7.34. The van der Waals surface area contributed by atoms with E-state index in [-0.39, 0.29) is 11.3 Å². The first-order chi connectivity index (χ1) is 4.54. The lowest BCUT2D eigenvalue weighted by Crippen LogP contribution is -1.99. The molecule has 0 aliphatic carbocycles. The molecular formula is C5H9BrO4. The van der Waals surface area contributed by atoms with Gasteiger partial charge in [-0.05, 0) is 0 Å². The van der Waals surface area contributed by atoms with Gasteiger partial charge in [-0.15, -0.1) is 0 Å². The molecule has 4 nitrogen and oxygen atoms in total. The molecule has 0 aromatic heterocycles. The molecule has 10 heavy (non-hydrogen) atoms. The second-order valence-corrected chi connectivity index (χ2v) is 1.79. The van der Waals surface area contributed by atoms with Gasteiger partial charge in [-0.25, -0.2) is 0 Å². The molecule has 0 fully saturated rings. The Kier molecular flexibility index (Phi) is 10.2. The molecule has 0 aromatic carbocycles. The van der Waals surface area contributed by atoms with E-state index in [1.807, 2.05) is 0 Å². The fourth-order valence-corrected chi connectivity index (χ4v) is 0.283. The van der Waals surface area contributed by atoms with Crippen LogP contribution in [0.2, 0.25) is 0 Å². The van der Waals surface area contributed by atoms with Crippen molar-refractivity contribution in [3.63, 3.8) is 0 Å². The summed E-state index contributed by atoms with van der Waals surface area (Å²) in [7, 11) is 1.35. The number of methoxy groups -OCH3 is 1. The Hall–Kier alpha value is -0.580. The molecule has 0 amide bonds. The number of hydrogen-bond acceptors (Lipinski definition) is 3. The molecule has 0 rings (SSSR count). The van der Waals surface area contributed by atoms with Crippen molar-refractivity contribution >= 4 is 27.9 Å². The molecule has 0 aliphatic heterocycles. The van der Waals surface area contributed by atoms with Gasteiger partial charge in [0.15, 0.2) is 0 Å². The van der Waals surface area contributed by atoms with E-state index in [2.05, 4.69) is 20.7 Å². The zero-order valence-electron chi connectivity index (χ0n) is 5.76. The molecular weight excluding hydrogens is 204 g/mol. The predicted octanol–water partition coefficient (Wildman–Crippen LogP) is 0.645. The first kappa shape index (κ1) is 12.1. The van der Waals surface area contributed by atoms with Crippen molar-refractivity contribution in [2.75, 3.05) is 12.4 Å². The van der Waals surface area contributed by atoms with Gasteiger partial charge >= 0.3 is 5.97 Å². The topological polar surface area (TPSA) is 63.6 Å². The molecule has 1 N–H and O–H groups in total. The number of esters is 1. The minimum Gasteiger partial charge on any atom is -0.481 e. The van der Waals surface area contributed by atoms with Crippen LogP contribution >= 0.6 is 15.9 Å². The number of carbonyl (C=O) groups is 2. The van der Waals surface area contributed by atoms with Gasteiger partial charge < -0.3 is 9.84 Å². The largest absolute Gasteiger partial charge is 0.481 e. The highest BCUT2D eigenvalue weighted by molar-refractivity contribution is 9.09. The number of rotatable bonds is 1. The molecule has 0 heterocycles. The van der Waals surface area contributed by atoms with Gasteiger partial charge in [0.25, 0.3) is 5.97 Å². The summed E-state index contributed by atoms with van der Waals surface area (Å²) in [6.07, 6.45) is 0. The molecule has 0 aromatic rings. The summed E-state index contributed by atoms with van der Waals surface area (Å²) >= 11 is 2.90. The van der Waals surface area contributed by atoms with E-state index >= 15 is 0 Å². The second-order valence-electron chi connectivity index (χ2n) is 1.23. The average Bonchev–Trinajstić information content (AvgIpc) is 1.85. The Morgan fingerprint density at radius 2 is 1.90 bits per heavy atom. The minimum atomic E-state index is -0.833. The summed E-state index contributed by atoms with van der Waals surface area (Å²) in [5.74, 6) is -1.07. The summed E-state index contributed by atoms with van der Waals surface area (Å²) in [6, 6.07) is 0. The summed E-state index contributed by atoms with van der Waals surface area (Å²) in [6.45, 7) is 1.08. The van der Waals surface area contributed by atoms with Crippen LogP contribution in [0.5, 0.6) is 0 Å². The third kappa shape index (κ3) is 26.1. The van der Waals surface area contributed by atoms with Crippen LogP contribution in [0.15, 0.2) is 0 Å². The molecule has 0 radical (unpaired) electrons. The Bertz CT molecular complexity index is 102. The highest BCUT2D eigenvalue weighted by atomic mass is 79.9. The van der Waals surface area contributed by atoms with E-state index in [9.17, 15) is 4.79 Å². The van der Waals surface area contributed by atoms with Gasteiger partial charge in [0.2, 0.25) is 0 Å². The Balaban J connectivity index is 0. The van der Waals surface area contributed by atoms with Gasteiger partial charge in [0.1, 0.15) is 5.33 Å². The zero-order chi connectivity index (χ0) is 8.57. The fraction of sp³-hybridized carbons (Fsp3) is 0.600. The highest BCUT2D eigenvalue weighted by Crippen LogP contribution is 1.79. The minimum absolute atomic E-state index is 0.241. The summed E-state index contributed by atoms with van der Waals surface area (Å²) in [5, 5.41) is 7.70. The van der Waals surface area contributed by atoms with E-state index in [0.29, 0.717) is 0 Å². The first-order valence-electron chi connectivity index (χ1n) is 2.37. The van der Waals surface area contributed by atoms with Crippen molar-refractivity contribution in [3.05, 3.63) is 0 Å².